The lowest BCUT2D eigenvalue weighted by molar-refractivity contribution is -0.151. The lowest BCUT2D eigenvalue weighted by Gasteiger charge is -2.44. The van der Waals surface area contributed by atoms with Crippen molar-refractivity contribution in [3.63, 3.8) is 0 Å². The van der Waals surface area contributed by atoms with Crippen molar-refractivity contribution in [1.82, 2.24) is 0 Å². The summed E-state index contributed by atoms with van der Waals surface area (Å²) < 4.78 is 16.0. The Morgan fingerprint density at radius 2 is 1.56 bits per heavy atom. The zero-order valence-electron chi connectivity index (χ0n) is 16.5. The molecule has 2 rings (SSSR count). The Balaban J connectivity index is 2.77. The topological polar surface area (TPSA) is 99.1 Å². The standard InChI is InChI=1S/C20H26O7/c1-10(21)16-13(23)9-20(3,24)18(11(2)22)17(16)12-7-14(25-4)19(27-6)15(8-12)26-5/h7-8,16-18,24H,9H2,1-6H3/t16-,17-,18+,20+/m0/s1. The summed E-state index contributed by atoms with van der Waals surface area (Å²) in [5.41, 5.74) is -1.06. The summed E-state index contributed by atoms with van der Waals surface area (Å²) in [5, 5.41) is 10.8. The predicted octanol–water partition coefficient (Wildman–Crippen LogP) is 1.93. The van der Waals surface area contributed by atoms with E-state index in [-0.39, 0.29) is 23.8 Å². The number of ether oxygens (including phenoxy) is 3. The zero-order valence-corrected chi connectivity index (χ0v) is 16.5. The summed E-state index contributed by atoms with van der Waals surface area (Å²) >= 11 is 0. The van der Waals surface area contributed by atoms with E-state index in [1.165, 1.54) is 42.1 Å². The van der Waals surface area contributed by atoms with Crippen molar-refractivity contribution in [3.8, 4) is 17.2 Å². The summed E-state index contributed by atoms with van der Waals surface area (Å²) in [6.45, 7) is 4.14. The summed E-state index contributed by atoms with van der Waals surface area (Å²) in [4.78, 5) is 37.4. The molecule has 0 aromatic heterocycles. The van der Waals surface area contributed by atoms with Gasteiger partial charge in [0.25, 0.3) is 0 Å². The Morgan fingerprint density at radius 1 is 1.04 bits per heavy atom. The first-order chi connectivity index (χ1) is 12.6. The predicted molar refractivity (Wildman–Crippen MR) is 97.4 cm³/mol. The number of hydrogen-bond acceptors (Lipinski definition) is 7. The van der Waals surface area contributed by atoms with Crippen LogP contribution in [-0.4, -0.2) is 49.4 Å². The average molecular weight is 378 g/mol. The number of aliphatic hydroxyl groups is 1. The molecule has 148 valence electrons. The van der Waals surface area contributed by atoms with Gasteiger partial charge in [0.15, 0.2) is 11.5 Å². The maximum absolute atomic E-state index is 12.7. The molecule has 0 spiro atoms. The second kappa shape index (κ2) is 7.68. The normalized spacial score (nSPS) is 27.8. The van der Waals surface area contributed by atoms with Crippen LogP contribution in [0.3, 0.4) is 0 Å². The van der Waals surface area contributed by atoms with Gasteiger partial charge >= 0.3 is 0 Å². The van der Waals surface area contributed by atoms with E-state index in [4.69, 9.17) is 14.2 Å². The van der Waals surface area contributed by atoms with Gasteiger partial charge in [-0.2, -0.15) is 0 Å². The van der Waals surface area contributed by atoms with Crippen LogP contribution in [0.5, 0.6) is 17.2 Å². The highest BCUT2D eigenvalue weighted by Gasteiger charge is 2.54. The van der Waals surface area contributed by atoms with E-state index in [2.05, 4.69) is 0 Å². The number of benzene rings is 1. The van der Waals surface area contributed by atoms with Crippen LogP contribution < -0.4 is 14.2 Å². The van der Waals surface area contributed by atoms with Crippen molar-refractivity contribution in [1.29, 1.82) is 0 Å². The highest BCUT2D eigenvalue weighted by molar-refractivity contribution is 6.05. The molecule has 7 nitrogen and oxygen atoms in total. The van der Waals surface area contributed by atoms with Crippen LogP contribution in [-0.2, 0) is 14.4 Å². The maximum atomic E-state index is 12.7. The van der Waals surface area contributed by atoms with Gasteiger partial charge < -0.3 is 19.3 Å². The average Bonchev–Trinajstić information content (AvgIpc) is 2.57. The van der Waals surface area contributed by atoms with Crippen LogP contribution in [0.1, 0.15) is 38.7 Å². The van der Waals surface area contributed by atoms with E-state index in [9.17, 15) is 19.5 Å². The summed E-state index contributed by atoms with van der Waals surface area (Å²) in [6.07, 6.45) is -0.248. The van der Waals surface area contributed by atoms with Crippen molar-refractivity contribution in [3.05, 3.63) is 17.7 Å². The van der Waals surface area contributed by atoms with Crippen molar-refractivity contribution < 1.29 is 33.7 Å². The molecular weight excluding hydrogens is 352 g/mol. The molecule has 1 aliphatic carbocycles. The van der Waals surface area contributed by atoms with Gasteiger partial charge in [0, 0.05) is 12.3 Å². The van der Waals surface area contributed by atoms with Gasteiger partial charge in [-0.05, 0) is 38.5 Å². The number of hydrogen-bond donors (Lipinski definition) is 1. The Labute approximate surface area is 158 Å². The number of methoxy groups -OCH3 is 3. The van der Waals surface area contributed by atoms with Crippen LogP contribution in [0.15, 0.2) is 12.1 Å². The summed E-state index contributed by atoms with van der Waals surface area (Å²) in [6, 6.07) is 3.24. The number of ketones is 3. The molecule has 0 unspecified atom stereocenters. The molecule has 1 fully saturated rings. The van der Waals surface area contributed by atoms with Gasteiger partial charge in [-0.15, -0.1) is 0 Å². The molecule has 1 aromatic rings. The van der Waals surface area contributed by atoms with Crippen molar-refractivity contribution >= 4 is 17.3 Å². The minimum Gasteiger partial charge on any atom is -0.493 e. The fourth-order valence-corrected chi connectivity index (χ4v) is 4.20. The van der Waals surface area contributed by atoms with E-state index in [0.717, 1.165) is 0 Å². The van der Waals surface area contributed by atoms with E-state index in [0.29, 0.717) is 22.8 Å². The smallest absolute Gasteiger partial charge is 0.203 e. The molecule has 27 heavy (non-hydrogen) atoms. The SMILES string of the molecule is COc1cc([C@H]2[C@@H](C(C)=O)C(=O)C[C@@](C)(O)[C@@H]2C(C)=O)cc(OC)c1OC. The fourth-order valence-electron chi connectivity index (χ4n) is 4.20. The van der Waals surface area contributed by atoms with Crippen LogP contribution in [0.25, 0.3) is 0 Å². The van der Waals surface area contributed by atoms with Crippen LogP contribution in [0, 0.1) is 11.8 Å². The first-order valence-corrected chi connectivity index (χ1v) is 8.64. The lowest BCUT2D eigenvalue weighted by Crippen LogP contribution is -2.53. The Morgan fingerprint density at radius 3 is 1.93 bits per heavy atom. The highest BCUT2D eigenvalue weighted by atomic mass is 16.5. The van der Waals surface area contributed by atoms with Crippen molar-refractivity contribution in [2.24, 2.45) is 11.8 Å². The quantitative estimate of drug-likeness (QED) is 0.755. The molecule has 0 saturated heterocycles. The first-order valence-electron chi connectivity index (χ1n) is 8.64. The largest absolute Gasteiger partial charge is 0.493 e. The lowest BCUT2D eigenvalue weighted by atomic mass is 9.60. The molecule has 7 heteroatoms. The third kappa shape index (κ3) is 3.69. The van der Waals surface area contributed by atoms with Crippen molar-refractivity contribution in [2.75, 3.05) is 21.3 Å². The molecule has 0 amide bonds. The molecular formula is C20H26O7. The number of carbonyl (C=O) groups excluding carboxylic acids is 3. The molecule has 1 aromatic carbocycles. The minimum atomic E-state index is -1.56. The Hall–Kier alpha value is -2.41. The van der Waals surface area contributed by atoms with Crippen LogP contribution >= 0.6 is 0 Å². The van der Waals surface area contributed by atoms with Gasteiger partial charge in [-0.3, -0.25) is 14.4 Å². The van der Waals surface area contributed by atoms with Crippen molar-refractivity contribution in [2.45, 2.75) is 38.7 Å². The monoisotopic (exact) mass is 378 g/mol. The van der Waals surface area contributed by atoms with Gasteiger partial charge in [0.05, 0.1) is 38.8 Å². The second-order valence-electron chi connectivity index (χ2n) is 7.16. The molecule has 0 bridgehead atoms. The fraction of sp³-hybridized carbons (Fsp3) is 0.550. The minimum absolute atomic E-state index is 0.248. The zero-order chi connectivity index (χ0) is 20.5. The molecule has 4 atom stereocenters. The van der Waals surface area contributed by atoms with E-state index in [1.807, 2.05) is 0 Å². The Bertz CT molecular complexity index is 741. The third-order valence-electron chi connectivity index (χ3n) is 5.22. The number of Topliss-reactive ketones (excluding diaryl/α,β-unsaturated/α-hetero) is 3. The van der Waals surface area contributed by atoms with Crippen LogP contribution in [0.4, 0.5) is 0 Å². The van der Waals surface area contributed by atoms with E-state index in [1.54, 1.807) is 12.1 Å². The van der Waals surface area contributed by atoms with Gasteiger partial charge in [-0.25, -0.2) is 0 Å². The molecule has 0 aliphatic heterocycles. The van der Waals surface area contributed by atoms with E-state index < -0.39 is 23.4 Å². The van der Waals surface area contributed by atoms with Gasteiger partial charge in [0.2, 0.25) is 5.75 Å². The summed E-state index contributed by atoms with van der Waals surface area (Å²) in [7, 11) is 4.37. The third-order valence-corrected chi connectivity index (χ3v) is 5.22. The van der Waals surface area contributed by atoms with Crippen LogP contribution in [0.2, 0.25) is 0 Å². The molecule has 1 aliphatic rings. The molecule has 0 heterocycles. The molecule has 1 N–H and O–H groups in total. The molecule has 0 radical (unpaired) electrons. The second-order valence-corrected chi connectivity index (χ2v) is 7.16. The van der Waals surface area contributed by atoms with Gasteiger partial charge in [-0.1, -0.05) is 0 Å². The summed E-state index contributed by atoms with van der Waals surface area (Å²) in [5.74, 6) is -2.76. The van der Waals surface area contributed by atoms with Gasteiger partial charge in [0.1, 0.15) is 17.3 Å². The first kappa shape index (κ1) is 20.9. The number of rotatable bonds is 6. The number of carbonyl (C=O) groups is 3. The maximum Gasteiger partial charge on any atom is 0.203 e. The highest BCUT2D eigenvalue weighted by Crippen LogP contribution is 2.49. The van der Waals surface area contributed by atoms with E-state index >= 15 is 0 Å². The Kier molecular flexibility index (Phi) is 5.94. The molecule has 1 saturated carbocycles.